The van der Waals surface area contributed by atoms with Gasteiger partial charge in [-0.25, -0.2) is 0 Å². The van der Waals surface area contributed by atoms with E-state index in [4.69, 9.17) is 5.26 Å². The van der Waals surface area contributed by atoms with Crippen LogP contribution >= 0.6 is 0 Å². The Morgan fingerprint density at radius 3 is 2.56 bits per heavy atom. The zero-order chi connectivity index (χ0) is 12.1. The maximum atomic E-state index is 9.07. The number of benzene rings is 1. The molecule has 0 spiro atoms. The van der Waals surface area contributed by atoms with Gasteiger partial charge in [-0.15, -0.1) is 0 Å². The first-order chi connectivity index (χ1) is 7.54. The predicted octanol–water partition coefficient (Wildman–Crippen LogP) is 2.12. The summed E-state index contributed by atoms with van der Waals surface area (Å²) in [5.41, 5.74) is 2.85. The van der Waals surface area contributed by atoms with E-state index in [0.717, 1.165) is 23.4 Å². The Balaban J connectivity index is 2.88. The molecule has 1 N–H and O–H groups in total. The molecule has 1 aromatic carbocycles. The molecule has 0 unspecified atom stereocenters. The van der Waals surface area contributed by atoms with Gasteiger partial charge in [0.1, 0.15) is 6.07 Å². The number of nitrogens with zero attached hydrogens (tertiary/aromatic N) is 2. The molecule has 0 aromatic heterocycles. The summed E-state index contributed by atoms with van der Waals surface area (Å²) < 4.78 is 0. The Hall–Kier alpha value is -1.53. The van der Waals surface area contributed by atoms with Crippen molar-refractivity contribution >= 4 is 5.69 Å². The molecule has 0 heterocycles. The monoisotopic (exact) mass is 217 g/mol. The van der Waals surface area contributed by atoms with E-state index in [-0.39, 0.29) is 0 Å². The summed E-state index contributed by atoms with van der Waals surface area (Å²) in [5, 5.41) is 12.4. The third-order valence-electron chi connectivity index (χ3n) is 2.38. The quantitative estimate of drug-likeness (QED) is 0.839. The van der Waals surface area contributed by atoms with E-state index in [1.165, 1.54) is 0 Å². The molecular weight excluding hydrogens is 198 g/mol. The minimum atomic E-state index is 0.457. The van der Waals surface area contributed by atoms with E-state index >= 15 is 0 Å². The first kappa shape index (κ1) is 12.5. The predicted molar refractivity (Wildman–Crippen MR) is 67.5 cm³/mol. The molecule has 0 amide bonds. The maximum absolute atomic E-state index is 9.07. The lowest BCUT2D eigenvalue weighted by atomic mass is 10.1. The number of rotatable bonds is 4. The SMILES string of the molecule is CC(C)NCc1ccc(N(C)C)c(C#N)c1. The van der Waals surface area contributed by atoms with Crippen molar-refractivity contribution < 1.29 is 0 Å². The van der Waals surface area contributed by atoms with Crippen LogP contribution in [0.1, 0.15) is 25.0 Å². The lowest BCUT2D eigenvalue weighted by molar-refractivity contribution is 0.589. The van der Waals surface area contributed by atoms with Gasteiger partial charge in [0.05, 0.1) is 11.3 Å². The summed E-state index contributed by atoms with van der Waals surface area (Å²) in [6.45, 7) is 5.03. The van der Waals surface area contributed by atoms with E-state index in [2.05, 4.69) is 31.3 Å². The molecule has 0 fully saturated rings. The van der Waals surface area contributed by atoms with Crippen molar-refractivity contribution in [3.05, 3.63) is 29.3 Å². The zero-order valence-electron chi connectivity index (χ0n) is 10.4. The first-order valence-electron chi connectivity index (χ1n) is 5.48. The van der Waals surface area contributed by atoms with Crippen molar-refractivity contribution in [3.63, 3.8) is 0 Å². The average molecular weight is 217 g/mol. The van der Waals surface area contributed by atoms with E-state index in [0.29, 0.717) is 6.04 Å². The van der Waals surface area contributed by atoms with E-state index < -0.39 is 0 Å². The second kappa shape index (κ2) is 5.53. The molecule has 1 rings (SSSR count). The molecule has 0 saturated heterocycles. The number of nitriles is 1. The van der Waals surface area contributed by atoms with Crippen molar-refractivity contribution in [1.29, 1.82) is 5.26 Å². The maximum Gasteiger partial charge on any atom is 0.101 e. The van der Waals surface area contributed by atoms with Gasteiger partial charge in [-0.05, 0) is 17.7 Å². The number of hydrogen-bond donors (Lipinski definition) is 1. The Bertz CT molecular complexity index is 389. The Labute approximate surface area is 97.7 Å². The fraction of sp³-hybridized carbons (Fsp3) is 0.462. The lowest BCUT2D eigenvalue weighted by Crippen LogP contribution is -2.22. The number of nitrogens with one attached hydrogen (secondary N) is 1. The molecule has 0 radical (unpaired) electrons. The van der Waals surface area contributed by atoms with Crippen LogP contribution in [0, 0.1) is 11.3 Å². The van der Waals surface area contributed by atoms with Gasteiger partial charge >= 0.3 is 0 Å². The van der Waals surface area contributed by atoms with Crippen LogP contribution in [0.5, 0.6) is 0 Å². The molecule has 0 aliphatic rings. The van der Waals surface area contributed by atoms with Gasteiger partial charge in [0, 0.05) is 26.7 Å². The Morgan fingerprint density at radius 1 is 1.38 bits per heavy atom. The van der Waals surface area contributed by atoms with Gasteiger partial charge in [-0.3, -0.25) is 0 Å². The second-order valence-electron chi connectivity index (χ2n) is 4.39. The van der Waals surface area contributed by atoms with Crippen LogP contribution in [0.15, 0.2) is 18.2 Å². The molecule has 1 aromatic rings. The second-order valence-corrected chi connectivity index (χ2v) is 4.39. The van der Waals surface area contributed by atoms with E-state index in [1.54, 1.807) is 0 Å². The smallest absolute Gasteiger partial charge is 0.101 e. The van der Waals surface area contributed by atoms with Gasteiger partial charge in [0.25, 0.3) is 0 Å². The van der Waals surface area contributed by atoms with Crippen molar-refractivity contribution in [2.75, 3.05) is 19.0 Å². The topological polar surface area (TPSA) is 39.1 Å². The molecule has 0 aliphatic heterocycles. The standard InChI is InChI=1S/C13H19N3/c1-10(2)15-9-11-5-6-13(16(3)4)12(7-11)8-14/h5-7,10,15H,9H2,1-4H3. The third kappa shape index (κ3) is 3.25. The average Bonchev–Trinajstić information content (AvgIpc) is 2.25. The summed E-state index contributed by atoms with van der Waals surface area (Å²) in [7, 11) is 3.89. The van der Waals surface area contributed by atoms with Gasteiger partial charge < -0.3 is 10.2 Å². The molecule has 3 heteroatoms. The normalized spacial score (nSPS) is 10.2. The Morgan fingerprint density at radius 2 is 2.06 bits per heavy atom. The molecule has 0 saturated carbocycles. The molecular formula is C13H19N3. The lowest BCUT2D eigenvalue weighted by Gasteiger charge is -2.15. The highest BCUT2D eigenvalue weighted by molar-refractivity contribution is 5.59. The number of anilines is 1. The van der Waals surface area contributed by atoms with E-state index in [9.17, 15) is 0 Å². The highest BCUT2D eigenvalue weighted by Gasteiger charge is 2.05. The van der Waals surface area contributed by atoms with Crippen LogP contribution in [-0.2, 0) is 6.54 Å². The van der Waals surface area contributed by atoms with Gasteiger partial charge in [0.2, 0.25) is 0 Å². The van der Waals surface area contributed by atoms with Crippen molar-refractivity contribution in [3.8, 4) is 6.07 Å². The van der Waals surface area contributed by atoms with Crippen LogP contribution in [0.3, 0.4) is 0 Å². The first-order valence-corrected chi connectivity index (χ1v) is 5.48. The van der Waals surface area contributed by atoms with Crippen LogP contribution in [0.25, 0.3) is 0 Å². The van der Waals surface area contributed by atoms with E-state index in [1.807, 2.05) is 31.1 Å². The molecule has 86 valence electrons. The molecule has 0 aliphatic carbocycles. The highest BCUT2D eigenvalue weighted by Crippen LogP contribution is 2.19. The molecule has 16 heavy (non-hydrogen) atoms. The van der Waals surface area contributed by atoms with Crippen molar-refractivity contribution in [1.82, 2.24) is 5.32 Å². The van der Waals surface area contributed by atoms with Gasteiger partial charge in [-0.1, -0.05) is 19.9 Å². The van der Waals surface area contributed by atoms with Gasteiger partial charge in [-0.2, -0.15) is 5.26 Å². The minimum absolute atomic E-state index is 0.457. The summed E-state index contributed by atoms with van der Waals surface area (Å²) >= 11 is 0. The zero-order valence-corrected chi connectivity index (χ0v) is 10.4. The summed E-state index contributed by atoms with van der Waals surface area (Å²) in [5.74, 6) is 0. The van der Waals surface area contributed by atoms with Crippen LogP contribution < -0.4 is 10.2 Å². The Kier molecular flexibility index (Phi) is 4.33. The molecule has 0 atom stereocenters. The van der Waals surface area contributed by atoms with Crippen molar-refractivity contribution in [2.45, 2.75) is 26.4 Å². The third-order valence-corrected chi connectivity index (χ3v) is 2.38. The summed E-state index contributed by atoms with van der Waals surface area (Å²) in [6.07, 6.45) is 0. The fourth-order valence-electron chi connectivity index (χ4n) is 1.49. The highest BCUT2D eigenvalue weighted by atomic mass is 15.1. The largest absolute Gasteiger partial charge is 0.377 e. The van der Waals surface area contributed by atoms with Crippen LogP contribution in [0.4, 0.5) is 5.69 Å². The van der Waals surface area contributed by atoms with Crippen molar-refractivity contribution in [2.24, 2.45) is 0 Å². The summed E-state index contributed by atoms with van der Waals surface area (Å²) in [6, 6.07) is 8.70. The number of hydrogen-bond acceptors (Lipinski definition) is 3. The van der Waals surface area contributed by atoms with Crippen LogP contribution in [0.2, 0.25) is 0 Å². The molecule has 0 bridgehead atoms. The van der Waals surface area contributed by atoms with Gasteiger partial charge in [0.15, 0.2) is 0 Å². The molecule has 3 nitrogen and oxygen atoms in total. The minimum Gasteiger partial charge on any atom is -0.377 e. The summed E-state index contributed by atoms with van der Waals surface area (Å²) in [4.78, 5) is 1.96. The van der Waals surface area contributed by atoms with Crippen LogP contribution in [-0.4, -0.2) is 20.1 Å². The fourth-order valence-corrected chi connectivity index (χ4v) is 1.49.